The lowest BCUT2D eigenvalue weighted by Gasteiger charge is -2.28. The van der Waals surface area contributed by atoms with Crippen molar-refractivity contribution in [2.45, 2.75) is 315 Å². The van der Waals surface area contributed by atoms with E-state index in [1.165, 1.54) is 83.5 Å². The summed E-state index contributed by atoms with van der Waals surface area (Å²) in [6.45, 7) is 5.76. The lowest BCUT2D eigenvalue weighted by molar-refractivity contribution is -0.178. The molecule has 0 bridgehead atoms. The van der Waals surface area contributed by atoms with Crippen LogP contribution in [0.5, 0.6) is 0 Å². The van der Waals surface area contributed by atoms with Gasteiger partial charge in [0.05, 0.1) is 24.9 Å². The van der Waals surface area contributed by atoms with E-state index in [-0.39, 0.29) is 44.5 Å². The minimum Gasteiger partial charge on any atom is -0.462 e. The van der Waals surface area contributed by atoms with Gasteiger partial charge in [0.2, 0.25) is 0 Å². The molecule has 0 amide bonds. The first-order chi connectivity index (χ1) is 34.2. The van der Waals surface area contributed by atoms with Gasteiger partial charge >= 0.3 is 17.9 Å². The average Bonchev–Trinajstić information content (AvgIpc) is 3.35. The van der Waals surface area contributed by atoms with Crippen LogP contribution >= 0.6 is 0 Å². The number of carbonyl (C=O) groups is 3. The van der Waals surface area contributed by atoms with E-state index in [0.717, 1.165) is 122 Å². The molecule has 410 valence electrons. The molecule has 10 nitrogen and oxygen atoms in total. The van der Waals surface area contributed by atoms with Crippen LogP contribution in [0.4, 0.5) is 0 Å². The molecule has 10 heteroatoms. The van der Waals surface area contributed by atoms with Crippen molar-refractivity contribution in [2.75, 3.05) is 13.2 Å². The Bertz CT molecular complexity index is 1250. The van der Waals surface area contributed by atoms with Crippen LogP contribution in [-0.4, -0.2) is 82.1 Å². The van der Waals surface area contributed by atoms with Crippen molar-refractivity contribution in [3.63, 3.8) is 0 Å². The minimum atomic E-state index is -1.22. The van der Waals surface area contributed by atoms with Crippen LogP contribution in [0.3, 0.4) is 0 Å². The van der Waals surface area contributed by atoms with Crippen molar-refractivity contribution in [1.82, 2.24) is 0 Å². The predicted molar refractivity (Wildman–Crippen MR) is 290 cm³/mol. The first-order valence-electron chi connectivity index (χ1n) is 29.3. The smallest absolute Gasteiger partial charge is 0.306 e. The summed E-state index contributed by atoms with van der Waals surface area (Å²) in [4.78, 5) is 39.3. The first-order valence-corrected chi connectivity index (χ1v) is 29.3. The van der Waals surface area contributed by atoms with E-state index in [9.17, 15) is 34.8 Å². The van der Waals surface area contributed by atoms with Gasteiger partial charge in [0.25, 0.3) is 0 Å². The number of allylic oxidation sites excluding steroid dienone is 4. The quantitative estimate of drug-likeness (QED) is 0.0200. The Hall–Kier alpha value is -2.53. The molecule has 0 radical (unpaired) electrons. The van der Waals surface area contributed by atoms with Gasteiger partial charge in [-0.05, 0) is 96.3 Å². The Labute approximate surface area is 429 Å². The van der Waals surface area contributed by atoms with E-state index in [2.05, 4.69) is 57.2 Å². The Morgan fingerprint density at radius 2 is 0.714 bits per heavy atom. The molecule has 0 saturated heterocycles. The van der Waals surface area contributed by atoms with Crippen LogP contribution < -0.4 is 0 Å². The molecule has 0 aliphatic heterocycles. The second-order valence-electron chi connectivity index (χ2n) is 20.2. The highest BCUT2D eigenvalue weighted by molar-refractivity contribution is 5.71. The molecule has 0 saturated carbocycles. The maximum atomic E-state index is 13.2. The maximum Gasteiger partial charge on any atom is 0.306 e. The van der Waals surface area contributed by atoms with Gasteiger partial charge in [-0.25, -0.2) is 0 Å². The number of aliphatic hydroxyl groups is 4. The molecular formula is C60H110O10. The van der Waals surface area contributed by atoms with Gasteiger partial charge in [-0.2, -0.15) is 0 Å². The number of hydrogen-bond acceptors (Lipinski definition) is 10. The third-order valence-electron chi connectivity index (χ3n) is 13.2. The molecule has 5 atom stereocenters. The number of carbonyl (C=O) groups excluding carboxylic acids is 3. The molecule has 0 aliphatic carbocycles. The molecule has 0 aromatic carbocycles. The fraction of sp³-hybridized carbons (Fsp3) is 0.850. The molecule has 0 rings (SSSR count). The Morgan fingerprint density at radius 1 is 0.386 bits per heavy atom. The number of unbranched alkanes of at least 4 members (excludes halogenated alkanes) is 27. The fourth-order valence-corrected chi connectivity index (χ4v) is 8.59. The normalized spacial score (nSPS) is 14.1. The van der Waals surface area contributed by atoms with E-state index >= 15 is 0 Å². The molecule has 0 aliphatic rings. The number of rotatable bonds is 53. The third-order valence-corrected chi connectivity index (χ3v) is 13.2. The van der Waals surface area contributed by atoms with Gasteiger partial charge in [0.1, 0.15) is 12.7 Å². The minimum absolute atomic E-state index is 0.161. The zero-order valence-electron chi connectivity index (χ0n) is 45.5. The SMILES string of the molecule is CCCCCCCCC=CCCCCCCCC(=O)OCC(OC(=O)CCCCCCCC=CC[C@H](O)CCCCCC)C(CC(O)CO)OC(=O)CCCCCCCC=CC[C@H](O)CCCCCC. The molecule has 4 N–H and O–H groups in total. The summed E-state index contributed by atoms with van der Waals surface area (Å²) in [5, 5.41) is 40.5. The number of ether oxygens (including phenoxy) is 3. The van der Waals surface area contributed by atoms with E-state index in [0.29, 0.717) is 32.1 Å². The molecule has 70 heavy (non-hydrogen) atoms. The summed E-state index contributed by atoms with van der Waals surface area (Å²) < 4.78 is 17.3. The largest absolute Gasteiger partial charge is 0.462 e. The van der Waals surface area contributed by atoms with Crippen molar-refractivity contribution in [1.29, 1.82) is 0 Å². The second-order valence-corrected chi connectivity index (χ2v) is 20.2. The van der Waals surface area contributed by atoms with E-state index in [1.54, 1.807) is 0 Å². The monoisotopic (exact) mass is 991 g/mol. The van der Waals surface area contributed by atoms with Crippen LogP contribution in [0, 0.1) is 0 Å². The molecule has 3 unspecified atom stereocenters. The summed E-state index contributed by atoms with van der Waals surface area (Å²) >= 11 is 0. The van der Waals surface area contributed by atoms with Crippen molar-refractivity contribution >= 4 is 17.9 Å². The van der Waals surface area contributed by atoms with Gasteiger partial charge in [-0.15, -0.1) is 0 Å². The summed E-state index contributed by atoms with van der Waals surface area (Å²) in [5.74, 6) is -1.38. The van der Waals surface area contributed by atoms with Gasteiger partial charge in [0, 0.05) is 25.7 Å². The second kappa shape index (κ2) is 52.8. The summed E-state index contributed by atoms with van der Waals surface area (Å²) in [7, 11) is 0. The van der Waals surface area contributed by atoms with Crippen molar-refractivity contribution in [3.8, 4) is 0 Å². The van der Waals surface area contributed by atoms with Crippen LogP contribution in [-0.2, 0) is 28.6 Å². The van der Waals surface area contributed by atoms with Crippen molar-refractivity contribution < 1.29 is 49.0 Å². The molecular weight excluding hydrogens is 881 g/mol. The van der Waals surface area contributed by atoms with Crippen LogP contribution in [0.15, 0.2) is 36.5 Å². The average molecular weight is 992 g/mol. The highest BCUT2D eigenvalue weighted by Gasteiger charge is 2.32. The van der Waals surface area contributed by atoms with Gasteiger partial charge in [0.15, 0.2) is 6.10 Å². The first kappa shape index (κ1) is 67.5. The molecule has 0 fully saturated rings. The highest BCUT2D eigenvalue weighted by atomic mass is 16.6. The molecule has 0 spiro atoms. The molecule has 0 aromatic heterocycles. The van der Waals surface area contributed by atoms with Crippen molar-refractivity contribution in [3.05, 3.63) is 36.5 Å². The van der Waals surface area contributed by atoms with Crippen molar-refractivity contribution in [2.24, 2.45) is 0 Å². The van der Waals surface area contributed by atoms with Gasteiger partial charge < -0.3 is 34.6 Å². The van der Waals surface area contributed by atoms with Crippen LogP contribution in [0.2, 0.25) is 0 Å². The van der Waals surface area contributed by atoms with Crippen LogP contribution in [0.25, 0.3) is 0 Å². The number of esters is 3. The van der Waals surface area contributed by atoms with E-state index in [4.69, 9.17) is 14.2 Å². The maximum absolute atomic E-state index is 13.2. The fourth-order valence-electron chi connectivity index (χ4n) is 8.59. The highest BCUT2D eigenvalue weighted by Crippen LogP contribution is 2.19. The number of hydrogen-bond donors (Lipinski definition) is 4. The zero-order chi connectivity index (χ0) is 51.4. The predicted octanol–water partition coefficient (Wildman–Crippen LogP) is 15.2. The van der Waals surface area contributed by atoms with Crippen LogP contribution in [0.1, 0.15) is 284 Å². The molecule has 0 aromatic rings. The summed E-state index contributed by atoms with van der Waals surface area (Å²) in [5.41, 5.74) is 0. The lowest BCUT2D eigenvalue weighted by atomic mass is 10.1. The Balaban J connectivity index is 5.00. The number of aliphatic hydroxyl groups excluding tert-OH is 4. The lowest BCUT2D eigenvalue weighted by Crippen LogP contribution is -2.41. The van der Waals surface area contributed by atoms with E-state index in [1.807, 2.05) is 0 Å². The van der Waals surface area contributed by atoms with E-state index < -0.39 is 42.8 Å². The van der Waals surface area contributed by atoms with Gasteiger partial charge in [-0.3, -0.25) is 14.4 Å². The molecule has 0 heterocycles. The summed E-state index contributed by atoms with van der Waals surface area (Å²) in [6.07, 6.45) is 48.1. The Kier molecular flexibility index (Phi) is 50.9. The standard InChI is InChI=1S/C60H110O10/c1-4-7-10-13-14-15-16-17-18-19-20-21-28-33-40-47-58(65)68-52-57(70-60(67)49-42-35-30-25-23-27-32-39-46-54(63)44-37-12-9-6-3)56(50-55(64)51-61)69-59(66)48-41-34-29-24-22-26-31-38-45-53(62)43-36-11-8-5-2/h17-18,31-32,38-39,53-57,61-64H,4-16,19-30,33-37,40-52H2,1-3H3/t53-,54-,55?,56?,57?/m1/s1. The zero-order valence-corrected chi connectivity index (χ0v) is 45.5. The van der Waals surface area contributed by atoms with Gasteiger partial charge in [-0.1, -0.05) is 198 Å². The third kappa shape index (κ3) is 47.8. The topological polar surface area (TPSA) is 160 Å². The Morgan fingerprint density at radius 3 is 1.11 bits per heavy atom. The summed E-state index contributed by atoms with van der Waals surface area (Å²) in [6, 6.07) is 0.